The highest BCUT2D eigenvalue weighted by Gasteiger charge is 2.24. The summed E-state index contributed by atoms with van der Waals surface area (Å²) in [4.78, 5) is 26.9. The van der Waals surface area contributed by atoms with Gasteiger partial charge in [0, 0.05) is 6.08 Å². The average Bonchev–Trinajstić information content (AvgIpc) is 3.03. The van der Waals surface area contributed by atoms with Crippen LogP contribution in [0.25, 0.3) is 12.2 Å². The van der Waals surface area contributed by atoms with E-state index in [2.05, 4.69) is 5.32 Å². The molecule has 4 rings (SSSR count). The van der Waals surface area contributed by atoms with E-state index in [1.807, 2.05) is 48.5 Å². The highest BCUT2D eigenvalue weighted by molar-refractivity contribution is 8.26. The number of ether oxygens (including phenoxy) is 1. The second kappa shape index (κ2) is 8.00. The van der Waals surface area contributed by atoms with Crippen molar-refractivity contribution in [3.63, 3.8) is 0 Å². The number of thioether (sulfide) groups is 1. The van der Waals surface area contributed by atoms with Crippen LogP contribution in [0.1, 0.15) is 11.1 Å². The van der Waals surface area contributed by atoms with E-state index in [9.17, 15) is 9.59 Å². The molecule has 0 bridgehead atoms. The Morgan fingerprint density at radius 1 is 1.18 bits per heavy atom. The van der Waals surface area contributed by atoms with Gasteiger partial charge in [-0.05, 0) is 35.4 Å². The number of benzene rings is 2. The predicted octanol–water partition coefficient (Wildman–Crippen LogP) is 3.61. The Bertz CT molecular complexity index is 1020. The van der Waals surface area contributed by atoms with E-state index in [0.29, 0.717) is 33.8 Å². The first-order valence-corrected chi connectivity index (χ1v) is 9.89. The molecule has 2 amide bonds. The minimum absolute atomic E-state index is 0.118. The zero-order valence-corrected chi connectivity index (χ0v) is 16.4. The van der Waals surface area contributed by atoms with Crippen molar-refractivity contribution in [2.24, 2.45) is 0 Å². The van der Waals surface area contributed by atoms with Gasteiger partial charge in [-0.15, -0.1) is 0 Å². The molecule has 7 heteroatoms. The molecule has 2 aromatic rings. The number of thiocarbonyl (C=S) groups is 1. The lowest BCUT2D eigenvalue weighted by atomic mass is 10.1. The van der Waals surface area contributed by atoms with E-state index in [1.54, 1.807) is 23.1 Å². The maximum absolute atomic E-state index is 12.8. The quantitative estimate of drug-likeness (QED) is 0.621. The van der Waals surface area contributed by atoms with Gasteiger partial charge in [0.1, 0.15) is 16.7 Å². The molecule has 1 fully saturated rings. The second-order valence-corrected chi connectivity index (χ2v) is 7.88. The van der Waals surface area contributed by atoms with Crippen LogP contribution in [0.2, 0.25) is 0 Å². The van der Waals surface area contributed by atoms with Crippen LogP contribution in [0.4, 0.5) is 5.69 Å². The van der Waals surface area contributed by atoms with Crippen molar-refractivity contribution in [2.75, 3.05) is 18.1 Å². The standard InChI is InChI=1S/C21H16N2O3S2/c24-19(9-7-14-4-2-1-3-5-14)23-10-11-26-17-8-6-15(12-16(17)23)13-18-20(25)22-21(27)28-18/h1-9,12-13H,10-11H2,(H,22,25,27). The number of nitrogens with one attached hydrogen (secondary N) is 1. The van der Waals surface area contributed by atoms with Gasteiger partial charge in [0.15, 0.2) is 0 Å². The van der Waals surface area contributed by atoms with Crippen molar-refractivity contribution in [3.8, 4) is 5.75 Å². The highest BCUT2D eigenvalue weighted by atomic mass is 32.2. The van der Waals surface area contributed by atoms with Crippen LogP contribution in [0, 0.1) is 0 Å². The fourth-order valence-electron chi connectivity index (χ4n) is 2.95. The first-order chi connectivity index (χ1) is 13.6. The molecule has 2 aliphatic heterocycles. The third-order valence-corrected chi connectivity index (χ3v) is 5.43. The molecule has 0 aromatic heterocycles. The summed E-state index contributed by atoms with van der Waals surface area (Å²) in [6.07, 6.45) is 5.12. The topological polar surface area (TPSA) is 58.6 Å². The summed E-state index contributed by atoms with van der Waals surface area (Å²) in [6, 6.07) is 15.2. The van der Waals surface area contributed by atoms with Gasteiger partial charge in [-0.3, -0.25) is 9.59 Å². The minimum Gasteiger partial charge on any atom is -0.490 e. The largest absolute Gasteiger partial charge is 0.490 e. The molecule has 1 N–H and O–H groups in total. The van der Waals surface area contributed by atoms with Gasteiger partial charge in [0.05, 0.1) is 17.1 Å². The fraction of sp³-hybridized carbons (Fsp3) is 0.0952. The molecule has 0 saturated carbocycles. The van der Waals surface area contributed by atoms with Gasteiger partial charge in [0.2, 0.25) is 0 Å². The smallest absolute Gasteiger partial charge is 0.263 e. The molecule has 0 radical (unpaired) electrons. The van der Waals surface area contributed by atoms with E-state index in [0.717, 1.165) is 11.1 Å². The molecule has 5 nitrogen and oxygen atoms in total. The van der Waals surface area contributed by atoms with Crippen molar-refractivity contribution in [1.29, 1.82) is 0 Å². The summed E-state index contributed by atoms with van der Waals surface area (Å²) in [6.45, 7) is 0.898. The summed E-state index contributed by atoms with van der Waals surface area (Å²) in [5.41, 5.74) is 2.45. The number of rotatable bonds is 3. The molecular weight excluding hydrogens is 392 g/mol. The number of carbonyl (C=O) groups excluding carboxylic acids is 2. The van der Waals surface area contributed by atoms with Gasteiger partial charge in [-0.1, -0.05) is 60.4 Å². The molecule has 0 aliphatic carbocycles. The minimum atomic E-state index is -0.206. The average molecular weight is 409 g/mol. The van der Waals surface area contributed by atoms with Gasteiger partial charge in [-0.2, -0.15) is 0 Å². The summed E-state index contributed by atoms with van der Waals surface area (Å²) >= 11 is 6.25. The van der Waals surface area contributed by atoms with Crippen LogP contribution < -0.4 is 15.0 Å². The van der Waals surface area contributed by atoms with Crippen molar-refractivity contribution in [3.05, 3.63) is 70.6 Å². The molecule has 2 aliphatic rings. The van der Waals surface area contributed by atoms with E-state index < -0.39 is 0 Å². The number of amides is 2. The number of hydrogen-bond donors (Lipinski definition) is 1. The number of carbonyl (C=O) groups is 2. The second-order valence-electron chi connectivity index (χ2n) is 6.16. The maximum atomic E-state index is 12.8. The van der Waals surface area contributed by atoms with E-state index in [-0.39, 0.29) is 11.8 Å². The van der Waals surface area contributed by atoms with Crippen molar-refractivity contribution >= 4 is 58.0 Å². The summed E-state index contributed by atoms with van der Waals surface area (Å²) in [7, 11) is 0. The lowest BCUT2D eigenvalue weighted by molar-refractivity contribution is -0.115. The summed E-state index contributed by atoms with van der Waals surface area (Å²) in [5, 5.41) is 2.60. The molecular formula is C21H16N2O3S2. The van der Waals surface area contributed by atoms with Crippen LogP contribution in [0.15, 0.2) is 59.5 Å². The van der Waals surface area contributed by atoms with E-state index in [1.165, 1.54) is 11.8 Å². The molecule has 1 saturated heterocycles. The summed E-state index contributed by atoms with van der Waals surface area (Å²) < 4.78 is 6.13. The zero-order chi connectivity index (χ0) is 19.5. The molecule has 28 heavy (non-hydrogen) atoms. The van der Waals surface area contributed by atoms with E-state index >= 15 is 0 Å². The predicted molar refractivity (Wildman–Crippen MR) is 116 cm³/mol. The first kappa shape index (κ1) is 18.5. The SMILES string of the molecule is O=C1NC(=S)SC1=Cc1ccc2c(c1)N(C(=O)C=Cc1ccccc1)CCO2. The van der Waals surface area contributed by atoms with Crippen LogP contribution in [-0.4, -0.2) is 29.3 Å². The normalized spacial score (nSPS) is 17.6. The number of fused-ring (bicyclic) bond motifs is 1. The summed E-state index contributed by atoms with van der Waals surface area (Å²) in [5.74, 6) is 0.323. The highest BCUT2D eigenvalue weighted by Crippen LogP contribution is 2.34. The van der Waals surface area contributed by atoms with Crippen LogP contribution >= 0.6 is 24.0 Å². The molecule has 0 unspecified atom stereocenters. The zero-order valence-electron chi connectivity index (χ0n) is 14.8. The Hall–Kier alpha value is -2.90. The fourth-order valence-corrected chi connectivity index (χ4v) is 3.99. The number of anilines is 1. The Balaban J connectivity index is 1.60. The Morgan fingerprint density at radius 2 is 2.00 bits per heavy atom. The van der Waals surface area contributed by atoms with Gasteiger partial charge < -0.3 is 15.0 Å². The third kappa shape index (κ3) is 4.00. The molecule has 2 heterocycles. The Kier molecular flexibility index (Phi) is 5.27. The van der Waals surface area contributed by atoms with Crippen molar-refractivity contribution < 1.29 is 14.3 Å². The van der Waals surface area contributed by atoms with Crippen molar-refractivity contribution in [1.82, 2.24) is 5.32 Å². The molecule has 140 valence electrons. The van der Waals surface area contributed by atoms with E-state index in [4.69, 9.17) is 17.0 Å². The Labute approximate surface area is 172 Å². The van der Waals surface area contributed by atoms with Crippen LogP contribution in [-0.2, 0) is 9.59 Å². The lowest BCUT2D eigenvalue weighted by Crippen LogP contribution is -2.36. The van der Waals surface area contributed by atoms with Gasteiger partial charge >= 0.3 is 0 Å². The van der Waals surface area contributed by atoms with Gasteiger partial charge in [-0.25, -0.2) is 0 Å². The first-order valence-electron chi connectivity index (χ1n) is 8.66. The molecule has 0 spiro atoms. The maximum Gasteiger partial charge on any atom is 0.263 e. The monoisotopic (exact) mass is 408 g/mol. The Morgan fingerprint density at radius 3 is 2.75 bits per heavy atom. The van der Waals surface area contributed by atoms with Crippen molar-refractivity contribution in [2.45, 2.75) is 0 Å². The lowest BCUT2D eigenvalue weighted by Gasteiger charge is -2.29. The molecule has 0 atom stereocenters. The van der Waals surface area contributed by atoms with Crippen LogP contribution in [0.3, 0.4) is 0 Å². The molecule has 2 aromatic carbocycles. The number of hydrogen-bond acceptors (Lipinski definition) is 5. The van der Waals surface area contributed by atoms with Gasteiger partial charge in [0.25, 0.3) is 11.8 Å². The third-order valence-electron chi connectivity index (χ3n) is 4.27. The van der Waals surface area contributed by atoms with Crippen LogP contribution in [0.5, 0.6) is 5.75 Å². The number of nitrogens with zero attached hydrogens (tertiary/aromatic N) is 1.